The molecule has 0 nitrogen and oxygen atoms in total. The number of aryl methyl sites for hydroxylation is 1. The molecule has 0 saturated carbocycles. The average Bonchev–Trinajstić information content (AvgIpc) is 2.36. The summed E-state index contributed by atoms with van der Waals surface area (Å²) >= 11 is 0. The molecule has 0 fully saturated rings. The van der Waals surface area contributed by atoms with Gasteiger partial charge in [0.1, 0.15) is 0 Å². The van der Waals surface area contributed by atoms with Crippen LogP contribution < -0.4 is 0 Å². The zero-order valence-electron chi connectivity index (χ0n) is 10.3. The van der Waals surface area contributed by atoms with E-state index in [1.165, 1.54) is 0 Å². The molecular formula is C14H18F2. The minimum atomic E-state index is -2.65. The third kappa shape index (κ3) is 1.55. The maximum atomic E-state index is 13.9. The second kappa shape index (κ2) is 3.54. The molecule has 0 aromatic heterocycles. The van der Waals surface area contributed by atoms with E-state index in [1.807, 2.05) is 26.8 Å². The summed E-state index contributed by atoms with van der Waals surface area (Å²) in [4.78, 5) is 0. The van der Waals surface area contributed by atoms with Gasteiger partial charge in [0.2, 0.25) is 0 Å². The van der Waals surface area contributed by atoms with Gasteiger partial charge in [-0.3, -0.25) is 0 Å². The number of halogens is 2. The summed E-state index contributed by atoms with van der Waals surface area (Å²) in [6.45, 7) is 7.73. The van der Waals surface area contributed by atoms with Crippen molar-refractivity contribution >= 4 is 0 Å². The maximum absolute atomic E-state index is 13.9. The average molecular weight is 224 g/mol. The fourth-order valence-electron chi connectivity index (χ4n) is 2.61. The van der Waals surface area contributed by atoms with Gasteiger partial charge in [0, 0.05) is 11.5 Å². The number of benzene rings is 1. The van der Waals surface area contributed by atoms with E-state index in [-0.39, 0.29) is 5.56 Å². The summed E-state index contributed by atoms with van der Waals surface area (Å²) in [5, 5.41) is 0. The summed E-state index contributed by atoms with van der Waals surface area (Å²) in [6, 6.07) is 3.67. The smallest absolute Gasteiger partial charge is 0.201 e. The Morgan fingerprint density at radius 3 is 2.50 bits per heavy atom. The van der Waals surface area contributed by atoms with Crippen LogP contribution in [0.4, 0.5) is 8.78 Å². The van der Waals surface area contributed by atoms with Crippen LogP contribution in [0.3, 0.4) is 0 Å². The summed E-state index contributed by atoms with van der Waals surface area (Å²) in [5.74, 6) is -2.91. The molecule has 1 aliphatic rings. The van der Waals surface area contributed by atoms with Crippen molar-refractivity contribution in [3.8, 4) is 0 Å². The molecule has 0 bridgehead atoms. The monoisotopic (exact) mass is 224 g/mol. The van der Waals surface area contributed by atoms with Crippen LogP contribution in [0.1, 0.15) is 48.9 Å². The Kier molecular flexibility index (Phi) is 2.56. The van der Waals surface area contributed by atoms with Gasteiger partial charge < -0.3 is 0 Å². The second-order valence-corrected chi connectivity index (χ2v) is 5.25. The van der Waals surface area contributed by atoms with Gasteiger partial charge in [-0.05, 0) is 42.0 Å². The van der Waals surface area contributed by atoms with E-state index in [9.17, 15) is 8.78 Å². The summed E-state index contributed by atoms with van der Waals surface area (Å²) < 4.78 is 27.8. The van der Waals surface area contributed by atoms with E-state index < -0.39 is 11.8 Å². The minimum absolute atomic E-state index is 0.259. The first-order valence-corrected chi connectivity index (χ1v) is 5.85. The zero-order chi connectivity index (χ0) is 12.1. The Balaban J connectivity index is 2.58. The van der Waals surface area contributed by atoms with Gasteiger partial charge in [0.05, 0.1) is 0 Å². The molecule has 1 unspecified atom stereocenters. The van der Waals surface area contributed by atoms with Crippen molar-refractivity contribution in [2.75, 3.05) is 0 Å². The van der Waals surface area contributed by atoms with Crippen molar-refractivity contribution in [2.45, 2.75) is 46.0 Å². The fourth-order valence-corrected chi connectivity index (χ4v) is 2.61. The highest BCUT2D eigenvalue weighted by Crippen LogP contribution is 2.47. The standard InChI is InChI=1S/C14H18F2/c1-8(2)12-7-13-11(5-9(12)3)6-10(4)14(13,15)16/h5,7-8,10H,6H2,1-4H3. The molecule has 0 spiro atoms. The first-order chi connectivity index (χ1) is 7.34. The van der Waals surface area contributed by atoms with Crippen molar-refractivity contribution < 1.29 is 8.78 Å². The molecular weight excluding hydrogens is 206 g/mol. The lowest BCUT2D eigenvalue weighted by atomic mass is 9.93. The lowest BCUT2D eigenvalue weighted by Crippen LogP contribution is -2.17. The highest BCUT2D eigenvalue weighted by Gasteiger charge is 2.45. The van der Waals surface area contributed by atoms with Crippen molar-refractivity contribution in [3.05, 3.63) is 34.4 Å². The van der Waals surface area contributed by atoms with Crippen molar-refractivity contribution in [2.24, 2.45) is 5.92 Å². The largest absolute Gasteiger partial charge is 0.276 e. The Bertz CT molecular complexity index is 419. The lowest BCUT2D eigenvalue weighted by Gasteiger charge is -2.18. The van der Waals surface area contributed by atoms with Crippen LogP contribution in [-0.4, -0.2) is 0 Å². The van der Waals surface area contributed by atoms with Gasteiger partial charge in [-0.1, -0.05) is 26.8 Å². The molecule has 1 aromatic rings. The molecule has 0 aliphatic heterocycles. The molecule has 0 heterocycles. The molecule has 1 aromatic carbocycles. The lowest BCUT2D eigenvalue weighted by molar-refractivity contribution is -0.0451. The molecule has 1 atom stereocenters. The van der Waals surface area contributed by atoms with Gasteiger partial charge in [0.25, 0.3) is 5.92 Å². The molecule has 0 N–H and O–H groups in total. The normalized spacial score (nSPS) is 22.6. The predicted molar refractivity (Wildman–Crippen MR) is 62.0 cm³/mol. The predicted octanol–water partition coefficient (Wildman–Crippen LogP) is 4.40. The van der Waals surface area contributed by atoms with Crippen LogP contribution in [0, 0.1) is 12.8 Å². The third-order valence-electron chi connectivity index (χ3n) is 3.62. The van der Waals surface area contributed by atoms with Crippen LogP contribution >= 0.6 is 0 Å². The van der Waals surface area contributed by atoms with Gasteiger partial charge in [-0.2, -0.15) is 0 Å². The highest BCUT2D eigenvalue weighted by atomic mass is 19.3. The Hall–Kier alpha value is -0.920. The summed E-state index contributed by atoms with van der Waals surface area (Å²) in [7, 11) is 0. The molecule has 88 valence electrons. The molecule has 2 heteroatoms. The first-order valence-electron chi connectivity index (χ1n) is 5.85. The van der Waals surface area contributed by atoms with E-state index >= 15 is 0 Å². The van der Waals surface area contributed by atoms with Crippen LogP contribution in [0.2, 0.25) is 0 Å². The van der Waals surface area contributed by atoms with E-state index in [4.69, 9.17) is 0 Å². The fraction of sp³-hybridized carbons (Fsp3) is 0.571. The van der Waals surface area contributed by atoms with Crippen LogP contribution in [-0.2, 0) is 12.3 Å². The van der Waals surface area contributed by atoms with Crippen LogP contribution in [0.15, 0.2) is 12.1 Å². The van der Waals surface area contributed by atoms with E-state index in [0.717, 1.165) is 16.7 Å². The molecule has 0 radical (unpaired) electrons. The van der Waals surface area contributed by atoms with Crippen LogP contribution in [0.25, 0.3) is 0 Å². The number of hydrogen-bond donors (Lipinski definition) is 0. The topological polar surface area (TPSA) is 0 Å². The number of hydrogen-bond acceptors (Lipinski definition) is 0. The summed E-state index contributed by atoms with van der Waals surface area (Å²) in [5.41, 5.74) is 3.28. The minimum Gasteiger partial charge on any atom is -0.201 e. The van der Waals surface area contributed by atoms with Crippen LogP contribution in [0.5, 0.6) is 0 Å². The zero-order valence-corrected chi connectivity index (χ0v) is 10.3. The van der Waals surface area contributed by atoms with Gasteiger partial charge in [-0.15, -0.1) is 0 Å². The number of alkyl halides is 2. The molecule has 2 rings (SSSR count). The molecule has 0 saturated heterocycles. The Morgan fingerprint density at radius 1 is 1.31 bits per heavy atom. The summed E-state index contributed by atoms with van der Waals surface area (Å²) in [6.07, 6.45) is 0.502. The number of fused-ring (bicyclic) bond motifs is 1. The molecule has 0 amide bonds. The van der Waals surface area contributed by atoms with E-state index in [2.05, 4.69) is 0 Å². The molecule has 16 heavy (non-hydrogen) atoms. The molecule has 1 aliphatic carbocycles. The number of rotatable bonds is 1. The van der Waals surface area contributed by atoms with E-state index in [1.54, 1.807) is 13.0 Å². The maximum Gasteiger partial charge on any atom is 0.276 e. The van der Waals surface area contributed by atoms with Crippen molar-refractivity contribution in [3.63, 3.8) is 0 Å². The quantitative estimate of drug-likeness (QED) is 0.663. The van der Waals surface area contributed by atoms with E-state index in [0.29, 0.717) is 12.3 Å². The third-order valence-corrected chi connectivity index (χ3v) is 3.62. The van der Waals surface area contributed by atoms with Crippen molar-refractivity contribution in [1.29, 1.82) is 0 Å². The Labute approximate surface area is 95.7 Å². The van der Waals surface area contributed by atoms with Gasteiger partial charge in [-0.25, -0.2) is 8.78 Å². The Morgan fingerprint density at radius 2 is 1.94 bits per heavy atom. The SMILES string of the molecule is Cc1cc2c(cc1C(C)C)C(F)(F)C(C)C2. The second-order valence-electron chi connectivity index (χ2n) is 5.25. The first kappa shape index (κ1) is 11.6. The van der Waals surface area contributed by atoms with Gasteiger partial charge >= 0.3 is 0 Å². The van der Waals surface area contributed by atoms with Gasteiger partial charge in [0.15, 0.2) is 0 Å². The highest BCUT2D eigenvalue weighted by molar-refractivity contribution is 5.44. The van der Waals surface area contributed by atoms with Crippen molar-refractivity contribution in [1.82, 2.24) is 0 Å².